The number of benzene rings is 1. The first-order chi connectivity index (χ1) is 10.1. The van der Waals surface area contributed by atoms with E-state index in [1.165, 1.54) is 6.08 Å². The quantitative estimate of drug-likeness (QED) is 0.526. The van der Waals surface area contributed by atoms with E-state index in [9.17, 15) is 9.59 Å². The molecule has 0 saturated carbocycles. The van der Waals surface area contributed by atoms with Crippen LogP contribution in [0.1, 0.15) is 37.7 Å². The highest BCUT2D eigenvalue weighted by atomic mass is 79.9. The van der Waals surface area contributed by atoms with Gasteiger partial charge in [0.05, 0.1) is 0 Å². The number of unbranched alkanes of at least 4 members (excludes halogenated alkanes) is 3. The third-order valence-electron chi connectivity index (χ3n) is 2.94. The smallest absolute Gasteiger partial charge is 0.303 e. The van der Waals surface area contributed by atoms with Crippen LogP contribution in [0.5, 0.6) is 0 Å². The van der Waals surface area contributed by atoms with E-state index in [1.54, 1.807) is 6.08 Å². The Hall–Kier alpha value is -1.62. The van der Waals surface area contributed by atoms with Gasteiger partial charge in [-0.1, -0.05) is 47.0 Å². The SMILES string of the molecule is O=C(O)CCCCCCNC(=O)/C=C/c1ccccc1Br. The van der Waals surface area contributed by atoms with Crippen molar-refractivity contribution in [1.29, 1.82) is 0 Å². The van der Waals surface area contributed by atoms with Crippen molar-refractivity contribution in [2.24, 2.45) is 0 Å². The number of rotatable bonds is 9. The fourth-order valence-electron chi connectivity index (χ4n) is 1.80. The van der Waals surface area contributed by atoms with Crippen LogP contribution in [-0.2, 0) is 9.59 Å². The summed E-state index contributed by atoms with van der Waals surface area (Å²) in [6.07, 6.45) is 6.90. The van der Waals surface area contributed by atoms with Gasteiger partial charge in [0.15, 0.2) is 0 Å². The molecule has 0 radical (unpaired) electrons. The predicted molar refractivity (Wildman–Crippen MR) is 86.9 cm³/mol. The van der Waals surface area contributed by atoms with Crippen molar-refractivity contribution < 1.29 is 14.7 Å². The average Bonchev–Trinajstić information content (AvgIpc) is 2.45. The van der Waals surface area contributed by atoms with Gasteiger partial charge in [-0.15, -0.1) is 0 Å². The monoisotopic (exact) mass is 353 g/mol. The van der Waals surface area contributed by atoms with Crippen molar-refractivity contribution >= 4 is 33.9 Å². The van der Waals surface area contributed by atoms with Crippen molar-refractivity contribution in [1.82, 2.24) is 5.32 Å². The Morgan fingerprint density at radius 3 is 2.57 bits per heavy atom. The molecule has 0 aliphatic rings. The van der Waals surface area contributed by atoms with Crippen LogP contribution in [0.3, 0.4) is 0 Å². The van der Waals surface area contributed by atoms with E-state index in [1.807, 2.05) is 24.3 Å². The Morgan fingerprint density at radius 1 is 1.14 bits per heavy atom. The molecule has 1 aromatic rings. The number of carbonyl (C=O) groups is 2. The van der Waals surface area contributed by atoms with Crippen molar-refractivity contribution in [2.75, 3.05) is 6.54 Å². The van der Waals surface area contributed by atoms with Crippen LogP contribution < -0.4 is 5.32 Å². The summed E-state index contributed by atoms with van der Waals surface area (Å²) in [4.78, 5) is 21.9. The molecule has 0 saturated heterocycles. The number of carboxylic acid groups (broad SMARTS) is 1. The van der Waals surface area contributed by atoms with Gasteiger partial charge in [-0.25, -0.2) is 0 Å². The second kappa shape index (κ2) is 10.2. The van der Waals surface area contributed by atoms with Gasteiger partial charge in [0.25, 0.3) is 0 Å². The first-order valence-corrected chi connectivity index (χ1v) is 7.81. The lowest BCUT2D eigenvalue weighted by molar-refractivity contribution is -0.137. The van der Waals surface area contributed by atoms with E-state index in [4.69, 9.17) is 5.11 Å². The maximum atomic E-state index is 11.6. The summed E-state index contributed by atoms with van der Waals surface area (Å²) in [6.45, 7) is 0.617. The molecule has 4 nitrogen and oxygen atoms in total. The molecule has 1 amide bonds. The van der Waals surface area contributed by atoms with Crippen LogP contribution >= 0.6 is 15.9 Å². The molecule has 0 spiro atoms. The topological polar surface area (TPSA) is 66.4 Å². The van der Waals surface area contributed by atoms with E-state index in [0.717, 1.165) is 29.3 Å². The van der Waals surface area contributed by atoms with Crippen LogP contribution in [0.2, 0.25) is 0 Å². The zero-order chi connectivity index (χ0) is 15.5. The van der Waals surface area contributed by atoms with Gasteiger partial charge in [-0.2, -0.15) is 0 Å². The van der Waals surface area contributed by atoms with Gasteiger partial charge >= 0.3 is 5.97 Å². The summed E-state index contributed by atoms with van der Waals surface area (Å²) in [5.41, 5.74) is 0.960. The van der Waals surface area contributed by atoms with Gasteiger partial charge in [0.1, 0.15) is 0 Å². The fraction of sp³-hybridized carbons (Fsp3) is 0.375. The van der Waals surface area contributed by atoms with E-state index in [-0.39, 0.29) is 12.3 Å². The molecule has 1 aromatic carbocycles. The molecule has 0 atom stereocenters. The molecule has 5 heteroatoms. The largest absolute Gasteiger partial charge is 0.481 e. The number of nitrogens with one attached hydrogen (secondary N) is 1. The lowest BCUT2D eigenvalue weighted by Gasteiger charge is -2.02. The Morgan fingerprint density at radius 2 is 1.86 bits per heavy atom. The zero-order valence-electron chi connectivity index (χ0n) is 11.8. The minimum atomic E-state index is -0.750. The van der Waals surface area contributed by atoms with Gasteiger partial charge in [-0.05, 0) is 30.5 Å². The molecule has 0 aliphatic heterocycles. The first kappa shape index (κ1) is 17.4. The molecule has 2 N–H and O–H groups in total. The number of aliphatic carboxylic acids is 1. The minimum Gasteiger partial charge on any atom is -0.481 e. The maximum absolute atomic E-state index is 11.6. The highest BCUT2D eigenvalue weighted by Gasteiger charge is 1.98. The Bertz CT molecular complexity index is 500. The summed E-state index contributed by atoms with van der Waals surface area (Å²) >= 11 is 3.42. The standard InChI is InChI=1S/C16H20BrNO3/c17-14-8-5-4-7-13(14)10-11-15(19)18-12-6-2-1-3-9-16(20)21/h4-5,7-8,10-11H,1-3,6,9,12H2,(H,18,19)(H,20,21)/b11-10+. The number of carboxylic acids is 1. The van der Waals surface area contributed by atoms with Crippen LogP contribution in [0.4, 0.5) is 0 Å². The second-order valence-electron chi connectivity index (χ2n) is 4.70. The maximum Gasteiger partial charge on any atom is 0.303 e. The number of carbonyl (C=O) groups excluding carboxylic acids is 1. The van der Waals surface area contributed by atoms with E-state index < -0.39 is 5.97 Å². The van der Waals surface area contributed by atoms with Crippen LogP contribution in [0, 0.1) is 0 Å². The molecule has 0 fully saturated rings. The van der Waals surface area contributed by atoms with E-state index >= 15 is 0 Å². The molecule has 0 aromatic heterocycles. The predicted octanol–water partition coefficient (Wildman–Crippen LogP) is 3.61. The molecule has 21 heavy (non-hydrogen) atoms. The molecule has 0 heterocycles. The third kappa shape index (κ3) is 8.30. The van der Waals surface area contributed by atoms with Crippen LogP contribution in [0.15, 0.2) is 34.8 Å². The summed E-state index contributed by atoms with van der Waals surface area (Å²) in [5.74, 6) is -0.864. The Balaban J connectivity index is 2.14. The van der Waals surface area contributed by atoms with Crippen LogP contribution in [0.25, 0.3) is 6.08 Å². The second-order valence-corrected chi connectivity index (χ2v) is 5.56. The molecular weight excluding hydrogens is 334 g/mol. The summed E-state index contributed by atoms with van der Waals surface area (Å²) < 4.78 is 0.951. The lowest BCUT2D eigenvalue weighted by Crippen LogP contribution is -2.21. The summed E-state index contributed by atoms with van der Waals surface area (Å²) in [6, 6.07) is 7.69. The van der Waals surface area contributed by atoms with Gasteiger partial charge in [-0.3, -0.25) is 9.59 Å². The zero-order valence-corrected chi connectivity index (χ0v) is 13.4. The van der Waals surface area contributed by atoms with Gasteiger partial charge < -0.3 is 10.4 Å². The lowest BCUT2D eigenvalue weighted by atomic mass is 10.1. The molecule has 1 rings (SSSR count). The molecule has 0 aliphatic carbocycles. The number of hydrogen-bond acceptors (Lipinski definition) is 2. The molecule has 114 valence electrons. The van der Waals surface area contributed by atoms with E-state index in [2.05, 4.69) is 21.2 Å². The highest BCUT2D eigenvalue weighted by Crippen LogP contribution is 2.16. The summed E-state index contributed by atoms with van der Waals surface area (Å²) in [7, 11) is 0. The number of amides is 1. The van der Waals surface area contributed by atoms with Gasteiger partial charge in [0.2, 0.25) is 5.91 Å². The average molecular weight is 354 g/mol. The Kier molecular flexibility index (Phi) is 8.43. The fourth-order valence-corrected chi connectivity index (χ4v) is 2.22. The Labute approximate surface area is 133 Å². The number of halogens is 1. The third-order valence-corrected chi connectivity index (χ3v) is 3.66. The van der Waals surface area contributed by atoms with E-state index in [0.29, 0.717) is 13.0 Å². The van der Waals surface area contributed by atoms with Gasteiger partial charge in [0, 0.05) is 23.5 Å². The number of hydrogen-bond donors (Lipinski definition) is 2. The normalized spacial score (nSPS) is 10.7. The summed E-state index contributed by atoms with van der Waals surface area (Å²) in [5, 5.41) is 11.3. The molecule has 0 bridgehead atoms. The van der Waals surface area contributed by atoms with Crippen LogP contribution in [-0.4, -0.2) is 23.5 Å². The molecular formula is C16H20BrNO3. The first-order valence-electron chi connectivity index (χ1n) is 7.02. The van der Waals surface area contributed by atoms with Crippen molar-refractivity contribution in [2.45, 2.75) is 32.1 Å². The molecule has 0 unspecified atom stereocenters. The highest BCUT2D eigenvalue weighted by molar-refractivity contribution is 9.10. The van der Waals surface area contributed by atoms with Crippen molar-refractivity contribution in [3.05, 3.63) is 40.4 Å². The van der Waals surface area contributed by atoms with Crippen molar-refractivity contribution in [3.63, 3.8) is 0 Å². The minimum absolute atomic E-state index is 0.115. The van der Waals surface area contributed by atoms with Crippen molar-refractivity contribution in [3.8, 4) is 0 Å².